The number of hydrogen-bond donors (Lipinski definition) is 0. The van der Waals surface area contributed by atoms with Crippen LogP contribution < -0.4 is 0 Å². The van der Waals surface area contributed by atoms with Gasteiger partial charge in [-0.15, -0.1) is 0 Å². The van der Waals surface area contributed by atoms with Crippen molar-refractivity contribution in [1.82, 2.24) is 29.5 Å². The van der Waals surface area contributed by atoms with Gasteiger partial charge in [0.05, 0.1) is 28.6 Å². The van der Waals surface area contributed by atoms with E-state index in [2.05, 4.69) is 22.0 Å². The first-order valence-electron chi connectivity index (χ1n) is 10.2. The highest BCUT2D eigenvalue weighted by molar-refractivity contribution is 5.95. The SMILES string of the molecule is Cc1nn(C)cc1C(=O)N1CCC[C@H]1c1ccc(C(=O)N2CCN(C)CC2)cn1. The van der Waals surface area contributed by atoms with E-state index in [0.29, 0.717) is 17.7 Å². The van der Waals surface area contributed by atoms with Crippen LogP contribution in [0, 0.1) is 6.92 Å². The van der Waals surface area contributed by atoms with E-state index >= 15 is 0 Å². The molecule has 0 radical (unpaired) electrons. The minimum Gasteiger partial charge on any atom is -0.336 e. The molecule has 4 rings (SSSR count). The normalized spacial score (nSPS) is 20.3. The summed E-state index contributed by atoms with van der Waals surface area (Å²) in [7, 11) is 3.89. The third kappa shape index (κ3) is 3.89. The zero-order valence-corrected chi connectivity index (χ0v) is 17.3. The molecule has 8 heteroatoms. The van der Waals surface area contributed by atoms with Crippen molar-refractivity contribution in [3.8, 4) is 0 Å². The summed E-state index contributed by atoms with van der Waals surface area (Å²) in [6.45, 7) is 5.84. The molecule has 1 atom stereocenters. The van der Waals surface area contributed by atoms with Crippen LogP contribution in [0.5, 0.6) is 0 Å². The Morgan fingerprint density at radius 3 is 2.41 bits per heavy atom. The number of carbonyl (C=O) groups excluding carboxylic acids is 2. The molecular weight excluding hydrogens is 368 g/mol. The molecule has 2 aromatic heterocycles. The topological polar surface area (TPSA) is 74.6 Å². The lowest BCUT2D eigenvalue weighted by Gasteiger charge is -2.32. The molecule has 2 saturated heterocycles. The van der Waals surface area contributed by atoms with Gasteiger partial charge in [-0.05, 0) is 38.9 Å². The molecule has 0 bridgehead atoms. The molecule has 0 N–H and O–H groups in total. The van der Waals surface area contributed by atoms with Crippen molar-refractivity contribution < 1.29 is 9.59 Å². The number of hydrogen-bond acceptors (Lipinski definition) is 5. The Hall–Kier alpha value is -2.74. The second kappa shape index (κ2) is 7.94. The molecule has 0 saturated carbocycles. The zero-order chi connectivity index (χ0) is 20.5. The second-order valence-corrected chi connectivity index (χ2v) is 8.03. The number of likely N-dealkylation sites (N-methyl/N-ethyl adjacent to an activating group) is 1. The van der Waals surface area contributed by atoms with Crippen LogP contribution in [0.25, 0.3) is 0 Å². The third-order valence-electron chi connectivity index (χ3n) is 5.92. The zero-order valence-electron chi connectivity index (χ0n) is 17.3. The van der Waals surface area contributed by atoms with E-state index in [9.17, 15) is 9.59 Å². The lowest BCUT2D eigenvalue weighted by molar-refractivity contribution is 0.0661. The number of nitrogens with zero attached hydrogens (tertiary/aromatic N) is 6. The van der Waals surface area contributed by atoms with E-state index in [-0.39, 0.29) is 17.9 Å². The summed E-state index contributed by atoms with van der Waals surface area (Å²) in [5.74, 6) is 0.0278. The molecule has 2 aliphatic rings. The molecular formula is C21H28N6O2. The molecule has 2 aromatic rings. The van der Waals surface area contributed by atoms with Gasteiger partial charge in [0.1, 0.15) is 0 Å². The number of piperazine rings is 1. The van der Waals surface area contributed by atoms with Crippen LogP contribution in [0.3, 0.4) is 0 Å². The van der Waals surface area contributed by atoms with Crippen LogP contribution in [0.4, 0.5) is 0 Å². The summed E-state index contributed by atoms with van der Waals surface area (Å²) in [4.78, 5) is 36.3. The van der Waals surface area contributed by atoms with Gasteiger partial charge in [-0.25, -0.2) is 0 Å². The second-order valence-electron chi connectivity index (χ2n) is 8.03. The third-order valence-corrected chi connectivity index (χ3v) is 5.92. The summed E-state index contributed by atoms with van der Waals surface area (Å²) in [6, 6.07) is 3.68. The van der Waals surface area contributed by atoms with Crippen LogP contribution in [0.1, 0.15) is 51.0 Å². The van der Waals surface area contributed by atoms with Crippen LogP contribution in [-0.2, 0) is 7.05 Å². The fourth-order valence-electron chi connectivity index (χ4n) is 4.20. The van der Waals surface area contributed by atoms with Gasteiger partial charge in [0, 0.05) is 52.2 Å². The molecule has 8 nitrogen and oxygen atoms in total. The molecule has 154 valence electrons. The first-order valence-corrected chi connectivity index (χ1v) is 10.2. The maximum atomic E-state index is 13.1. The molecule has 0 spiro atoms. The van der Waals surface area contributed by atoms with Crippen molar-refractivity contribution in [3.63, 3.8) is 0 Å². The minimum absolute atomic E-state index is 0.00232. The summed E-state index contributed by atoms with van der Waals surface area (Å²) >= 11 is 0. The Bertz CT molecular complexity index is 898. The predicted octanol–water partition coefficient (Wildman–Crippen LogP) is 1.49. The Balaban J connectivity index is 1.48. The maximum absolute atomic E-state index is 13.1. The first-order chi connectivity index (χ1) is 13.9. The molecule has 0 aliphatic carbocycles. The number of amides is 2. The van der Waals surface area contributed by atoms with Gasteiger partial charge < -0.3 is 14.7 Å². The van der Waals surface area contributed by atoms with E-state index in [0.717, 1.165) is 50.4 Å². The van der Waals surface area contributed by atoms with Crippen molar-refractivity contribution in [2.24, 2.45) is 7.05 Å². The monoisotopic (exact) mass is 396 g/mol. The fraction of sp³-hybridized carbons (Fsp3) is 0.524. The highest BCUT2D eigenvalue weighted by Gasteiger charge is 2.33. The number of carbonyl (C=O) groups is 2. The summed E-state index contributed by atoms with van der Waals surface area (Å²) in [5.41, 5.74) is 2.83. The molecule has 4 heterocycles. The fourth-order valence-corrected chi connectivity index (χ4v) is 4.20. The lowest BCUT2D eigenvalue weighted by Crippen LogP contribution is -2.47. The highest BCUT2D eigenvalue weighted by atomic mass is 16.2. The predicted molar refractivity (Wildman–Crippen MR) is 109 cm³/mol. The van der Waals surface area contributed by atoms with E-state index in [1.165, 1.54) is 0 Å². The van der Waals surface area contributed by atoms with E-state index in [1.54, 1.807) is 17.1 Å². The van der Waals surface area contributed by atoms with Gasteiger partial charge in [0.15, 0.2) is 0 Å². The number of aromatic nitrogens is 3. The van der Waals surface area contributed by atoms with E-state index in [4.69, 9.17) is 0 Å². The molecule has 0 unspecified atom stereocenters. The summed E-state index contributed by atoms with van der Waals surface area (Å²) in [6.07, 6.45) is 5.26. The Morgan fingerprint density at radius 1 is 1.03 bits per heavy atom. The average molecular weight is 396 g/mol. The summed E-state index contributed by atoms with van der Waals surface area (Å²) < 4.78 is 1.67. The Morgan fingerprint density at radius 2 is 1.79 bits per heavy atom. The van der Waals surface area contributed by atoms with Crippen molar-refractivity contribution >= 4 is 11.8 Å². The molecule has 0 aromatic carbocycles. The molecule has 29 heavy (non-hydrogen) atoms. The van der Waals surface area contributed by atoms with E-state index < -0.39 is 0 Å². The van der Waals surface area contributed by atoms with Crippen molar-refractivity contribution in [3.05, 3.63) is 47.0 Å². The van der Waals surface area contributed by atoms with Crippen molar-refractivity contribution in [2.45, 2.75) is 25.8 Å². The van der Waals surface area contributed by atoms with Gasteiger partial charge in [0.2, 0.25) is 0 Å². The lowest BCUT2D eigenvalue weighted by atomic mass is 10.1. The standard InChI is InChI=1S/C21H28N6O2/c1-15-17(14-25(3)23-15)21(29)27-8-4-5-19(27)18-7-6-16(13-22-18)20(28)26-11-9-24(2)10-12-26/h6-7,13-14,19H,4-5,8-12H2,1-3H3/t19-/m0/s1. The Kier molecular flexibility index (Phi) is 5.36. The van der Waals surface area contributed by atoms with Crippen LogP contribution in [-0.4, -0.2) is 81.1 Å². The van der Waals surface area contributed by atoms with Crippen LogP contribution in [0.2, 0.25) is 0 Å². The van der Waals surface area contributed by atoms with Gasteiger partial charge in [-0.3, -0.25) is 19.3 Å². The quantitative estimate of drug-likeness (QED) is 0.786. The van der Waals surface area contributed by atoms with Gasteiger partial charge >= 0.3 is 0 Å². The number of aryl methyl sites for hydroxylation is 2. The smallest absolute Gasteiger partial charge is 0.257 e. The largest absolute Gasteiger partial charge is 0.336 e. The highest BCUT2D eigenvalue weighted by Crippen LogP contribution is 2.32. The minimum atomic E-state index is -0.0603. The van der Waals surface area contributed by atoms with Gasteiger partial charge in [0.25, 0.3) is 11.8 Å². The molecule has 2 amide bonds. The van der Waals surface area contributed by atoms with Gasteiger partial charge in [-0.2, -0.15) is 5.10 Å². The average Bonchev–Trinajstić information content (AvgIpc) is 3.34. The number of likely N-dealkylation sites (tertiary alicyclic amines) is 1. The Labute approximate surface area is 171 Å². The molecule has 2 fully saturated rings. The molecule has 2 aliphatic heterocycles. The number of rotatable bonds is 3. The number of pyridine rings is 1. The van der Waals surface area contributed by atoms with Crippen LogP contribution >= 0.6 is 0 Å². The van der Waals surface area contributed by atoms with Crippen molar-refractivity contribution in [2.75, 3.05) is 39.8 Å². The van der Waals surface area contributed by atoms with Crippen molar-refractivity contribution in [1.29, 1.82) is 0 Å². The van der Waals surface area contributed by atoms with E-state index in [1.807, 2.05) is 35.9 Å². The van der Waals surface area contributed by atoms with Crippen LogP contribution in [0.15, 0.2) is 24.5 Å². The summed E-state index contributed by atoms with van der Waals surface area (Å²) in [5, 5.41) is 4.29. The van der Waals surface area contributed by atoms with Gasteiger partial charge in [-0.1, -0.05) is 0 Å². The first kappa shape index (κ1) is 19.6. The maximum Gasteiger partial charge on any atom is 0.257 e.